The van der Waals surface area contributed by atoms with Crippen molar-refractivity contribution >= 4 is 33.0 Å². The van der Waals surface area contributed by atoms with Gasteiger partial charge in [-0.15, -0.1) is 0 Å². The standard InChI is InChI=1S/C16H19NO7S/c1-3-24-16(19)15-12(7-8-13(18)23-2)11-6-4-5-10(14(11)17-15)9-25(20,21)22/h4-6,17H,3,7-9H2,1-2H3,(H,20,21,22). The SMILES string of the molecule is CCOC(=O)c1[nH]c2c(CS(=O)(=O)O)cccc2c1CCC(=O)OC. The van der Waals surface area contributed by atoms with E-state index in [0.29, 0.717) is 22.0 Å². The van der Waals surface area contributed by atoms with E-state index in [1.165, 1.54) is 13.2 Å². The van der Waals surface area contributed by atoms with E-state index in [0.717, 1.165) is 0 Å². The minimum absolute atomic E-state index is 0.0540. The van der Waals surface area contributed by atoms with E-state index in [2.05, 4.69) is 9.72 Å². The lowest BCUT2D eigenvalue weighted by molar-refractivity contribution is -0.140. The van der Waals surface area contributed by atoms with E-state index in [1.54, 1.807) is 19.1 Å². The van der Waals surface area contributed by atoms with Gasteiger partial charge in [0.15, 0.2) is 0 Å². The van der Waals surface area contributed by atoms with Gasteiger partial charge in [-0.2, -0.15) is 8.42 Å². The summed E-state index contributed by atoms with van der Waals surface area (Å²) in [6.07, 6.45) is 0.272. The highest BCUT2D eigenvalue weighted by Gasteiger charge is 2.22. The van der Waals surface area contributed by atoms with Crippen molar-refractivity contribution < 1.29 is 32.0 Å². The molecule has 0 bridgehead atoms. The second-order valence-corrected chi connectivity index (χ2v) is 6.79. The van der Waals surface area contributed by atoms with E-state index in [1.807, 2.05) is 0 Å². The zero-order valence-electron chi connectivity index (χ0n) is 13.9. The van der Waals surface area contributed by atoms with Crippen molar-refractivity contribution in [3.8, 4) is 0 Å². The maximum atomic E-state index is 12.2. The number of benzene rings is 1. The number of ether oxygens (including phenoxy) is 2. The number of hydrogen-bond acceptors (Lipinski definition) is 6. The molecule has 1 heterocycles. The first-order valence-electron chi connectivity index (χ1n) is 7.58. The van der Waals surface area contributed by atoms with Crippen LogP contribution in [0.2, 0.25) is 0 Å². The molecule has 0 saturated heterocycles. The summed E-state index contributed by atoms with van der Waals surface area (Å²) in [7, 11) is -2.97. The minimum Gasteiger partial charge on any atom is -0.469 e. The van der Waals surface area contributed by atoms with Crippen molar-refractivity contribution in [2.24, 2.45) is 0 Å². The smallest absolute Gasteiger partial charge is 0.355 e. The van der Waals surface area contributed by atoms with E-state index < -0.39 is 27.8 Å². The number of rotatable bonds is 7. The molecule has 2 aromatic rings. The van der Waals surface area contributed by atoms with E-state index in [-0.39, 0.29) is 25.1 Å². The molecule has 0 saturated carbocycles. The Morgan fingerprint density at radius 1 is 1.28 bits per heavy atom. The van der Waals surface area contributed by atoms with Crippen LogP contribution in [-0.4, -0.2) is 43.6 Å². The number of aromatic amines is 1. The first-order valence-corrected chi connectivity index (χ1v) is 9.19. The van der Waals surface area contributed by atoms with Gasteiger partial charge in [-0.05, 0) is 24.5 Å². The third kappa shape index (κ3) is 4.58. The Morgan fingerprint density at radius 2 is 2.00 bits per heavy atom. The molecule has 0 aliphatic heterocycles. The Kier molecular flexibility index (Phi) is 5.81. The molecule has 0 amide bonds. The van der Waals surface area contributed by atoms with Crippen LogP contribution in [0.3, 0.4) is 0 Å². The Hall–Kier alpha value is -2.39. The highest BCUT2D eigenvalue weighted by Crippen LogP contribution is 2.28. The van der Waals surface area contributed by atoms with Gasteiger partial charge in [-0.1, -0.05) is 18.2 Å². The fraction of sp³-hybridized carbons (Fsp3) is 0.375. The number of carbonyl (C=O) groups excluding carboxylic acids is 2. The van der Waals surface area contributed by atoms with Crippen molar-refractivity contribution in [3.05, 3.63) is 35.0 Å². The molecule has 8 nitrogen and oxygen atoms in total. The molecule has 0 fully saturated rings. The normalized spacial score (nSPS) is 11.5. The highest BCUT2D eigenvalue weighted by atomic mass is 32.2. The third-order valence-electron chi connectivity index (χ3n) is 3.65. The Bertz CT molecular complexity index is 899. The fourth-order valence-corrected chi connectivity index (χ4v) is 3.25. The van der Waals surface area contributed by atoms with Gasteiger partial charge in [0.05, 0.1) is 19.2 Å². The number of fused-ring (bicyclic) bond motifs is 1. The second-order valence-electron chi connectivity index (χ2n) is 5.34. The van der Waals surface area contributed by atoms with Crippen LogP contribution in [-0.2, 0) is 36.6 Å². The predicted octanol–water partition coefficient (Wildman–Crippen LogP) is 1.84. The monoisotopic (exact) mass is 369 g/mol. The summed E-state index contributed by atoms with van der Waals surface area (Å²) in [6, 6.07) is 4.85. The number of esters is 2. The largest absolute Gasteiger partial charge is 0.469 e. The number of aryl methyl sites for hydroxylation is 1. The molecular formula is C16H19NO7S. The first kappa shape index (κ1) is 18.9. The Labute approximate surface area is 144 Å². The summed E-state index contributed by atoms with van der Waals surface area (Å²) in [4.78, 5) is 26.5. The lowest BCUT2D eigenvalue weighted by Crippen LogP contribution is -2.09. The molecule has 0 unspecified atom stereocenters. The summed E-state index contributed by atoms with van der Waals surface area (Å²) < 4.78 is 41.2. The quantitative estimate of drug-likeness (QED) is 0.564. The van der Waals surface area contributed by atoms with Crippen LogP contribution in [0, 0.1) is 0 Å². The highest BCUT2D eigenvalue weighted by molar-refractivity contribution is 7.85. The van der Waals surface area contributed by atoms with E-state index in [4.69, 9.17) is 9.29 Å². The van der Waals surface area contributed by atoms with Gasteiger partial charge < -0.3 is 14.5 Å². The maximum Gasteiger partial charge on any atom is 0.355 e. The Balaban J connectivity index is 2.57. The van der Waals surface area contributed by atoms with Crippen LogP contribution < -0.4 is 0 Å². The number of aromatic nitrogens is 1. The predicted molar refractivity (Wildman–Crippen MR) is 89.8 cm³/mol. The minimum atomic E-state index is -4.24. The molecule has 0 radical (unpaired) electrons. The van der Waals surface area contributed by atoms with Crippen LogP contribution >= 0.6 is 0 Å². The van der Waals surface area contributed by atoms with Crippen molar-refractivity contribution in [2.45, 2.75) is 25.5 Å². The average molecular weight is 369 g/mol. The Morgan fingerprint density at radius 3 is 2.60 bits per heavy atom. The summed E-state index contributed by atoms with van der Waals surface area (Å²) in [6.45, 7) is 1.83. The second kappa shape index (κ2) is 7.66. The summed E-state index contributed by atoms with van der Waals surface area (Å²) >= 11 is 0. The number of H-pyrrole nitrogens is 1. The van der Waals surface area contributed by atoms with Crippen molar-refractivity contribution in [1.29, 1.82) is 0 Å². The molecule has 0 aliphatic rings. The lowest BCUT2D eigenvalue weighted by atomic mass is 10.0. The van der Waals surface area contributed by atoms with Crippen LogP contribution in [0.15, 0.2) is 18.2 Å². The summed E-state index contributed by atoms with van der Waals surface area (Å²) in [5.74, 6) is -1.63. The third-order valence-corrected chi connectivity index (χ3v) is 4.33. The van der Waals surface area contributed by atoms with Crippen LogP contribution in [0.5, 0.6) is 0 Å². The molecular weight excluding hydrogens is 350 g/mol. The van der Waals surface area contributed by atoms with E-state index in [9.17, 15) is 18.0 Å². The van der Waals surface area contributed by atoms with Crippen molar-refractivity contribution in [1.82, 2.24) is 4.98 Å². The van der Waals surface area contributed by atoms with Gasteiger partial charge in [0, 0.05) is 11.8 Å². The topological polar surface area (TPSA) is 123 Å². The number of methoxy groups -OCH3 is 1. The molecule has 2 N–H and O–H groups in total. The molecule has 1 aromatic heterocycles. The first-order chi connectivity index (χ1) is 11.8. The van der Waals surface area contributed by atoms with Crippen LogP contribution in [0.4, 0.5) is 0 Å². The maximum absolute atomic E-state index is 12.2. The summed E-state index contributed by atoms with van der Waals surface area (Å²) in [5.41, 5.74) is 1.41. The average Bonchev–Trinajstić information content (AvgIpc) is 2.91. The number of hydrogen-bond donors (Lipinski definition) is 2. The molecule has 2 rings (SSSR count). The molecule has 1 aromatic carbocycles. The molecule has 0 spiro atoms. The molecule has 0 atom stereocenters. The number of nitrogens with one attached hydrogen (secondary N) is 1. The molecule has 136 valence electrons. The summed E-state index contributed by atoms with van der Waals surface area (Å²) in [5, 5.41) is 0.591. The van der Waals surface area contributed by atoms with Crippen molar-refractivity contribution in [2.75, 3.05) is 13.7 Å². The van der Waals surface area contributed by atoms with Gasteiger partial charge in [-0.25, -0.2) is 4.79 Å². The van der Waals surface area contributed by atoms with Gasteiger partial charge in [0.2, 0.25) is 0 Å². The molecule has 9 heteroatoms. The molecule has 25 heavy (non-hydrogen) atoms. The van der Waals surface area contributed by atoms with Gasteiger partial charge >= 0.3 is 11.9 Å². The van der Waals surface area contributed by atoms with Crippen molar-refractivity contribution in [3.63, 3.8) is 0 Å². The fourth-order valence-electron chi connectivity index (χ4n) is 2.62. The van der Waals surface area contributed by atoms with Crippen LogP contribution in [0.1, 0.15) is 35.0 Å². The van der Waals surface area contributed by atoms with Gasteiger partial charge in [0.1, 0.15) is 11.4 Å². The lowest BCUT2D eigenvalue weighted by Gasteiger charge is -2.04. The zero-order valence-corrected chi connectivity index (χ0v) is 14.7. The number of carbonyl (C=O) groups is 2. The van der Waals surface area contributed by atoms with Gasteiger partial charge in [0.25, 0.3) is 10.1 Å². The number of para-hydroxylation sites is 1. The zero-order chi connectivity index (χ0) is 18.6. The molecule has 0 aliphatic carbocycles. The van der Waals surface area contributed by atoms with Crippen LogP contribution in [0.25, 0.3) is 10.9 Å². The van der Waals surface area contributed by atoms with E-state index >= 15 is 0 Å². The van der Waals surface area contributed by atoms with Gasteiger partial charge in [-0.3, -0.25) is 9.35 Å².